The van der Waals surface area contributed by atoms with Gasteiger partial charge in [0, 0.05) is 12.5 Å². The monoisotopic (exact) mass is 281 g/mol. The van der Waals surface area contributed by atoms with Gasteiger partial charge in [-0.3, -0.25) is 4.79 Å². The molecule has 0 bridgehead atoms. The summed E-state index contributed by atoms with van der Waals surface area (Å²) < 4.78 is 15.0. The van der Waals surface area contributed by atoms with Crippen LogP contribution in [0.25, 0.3) is 0 Å². The molecule has 1 atom stereocenters. The van der Waals surface area contributed by atoms with Gasteiger partial charge in [-0.15, -0.1) is 0 Å². The number of ether oxygens (including phenoxy) is 3. The Kier molecular flexibility index (Phi) is 6.87. The Morgan fingerprint density at radius 3 is 2.45 bits per heavy atom. The van der Waals surface area contributed by atoms with Crippen molar-refractivity contribution in [3.05, 3.63) is 23.8 Å². The van der Waals surface area contributed by atoms with Crippen LogP contribution >= 0.6 is 0 Å². The number of nitrogens with two attached hydrogens (primary N) is 1. The summed E-state index contributed by atoms with van der Waals surface area (Å²) in [6.45, 7) is 0. The average molecular weight is 281 g/mol. The highest BCUT2D eigenvalue weighted by Gasteiger charge is 2.11. The Labute approximate surface area is 120 Å². The second-order valence-corrected chi connectivity index (χ2v) is 4.54. The summed E-state index contributed by atoms with van der Waals surface area (Å²) in [6.07, 6.45) is 2.92. The van der Waals surface area contributed by atoms with Crippen LogP contribution < -0.4 is 15.2 Å². The summed E-state index contributed by atoms with van der Waals surface area (Å²) in [5, 5.41) is 0. The number of rotatable bonds is 8. The van der Waals surface area contributed by atoms with E-state index in [0.29, 0.717) is 17.9 Å². The minimum absolute atomic E-state index is 0.0764. The minimum atomic E-state index is -0.176. The first kappa shape index (κ1) is 16.3. The summed E-state index contributed by atoms with van der Waals surface area (Å²) in [6, 6.07) is 5.60. The van der Waals surface area contributed by atoms with Gasteiger partial charge in [-0.25, -0.2) is 0 Å². The Hall–Kier alpha value is -1.75. The first-order valence-electron chi connectivity index (χ1n) is 6.66. The second-order valence-electron chi connectivity index (χ2n) is 4.54. The van der Waals surface area contributed by atoms with E-state index in [9.17, 15) is 4.79 Å². The van der Waals surface area contributed by atoms with E-state index in [0.717, 1.165) is 24.8 Å². The fraction of sp³-hybridized carbons (Fsp3) is 0.533. The SMILES string of the molecule is COC(=O)CCCCC(N)c1ccc(OC)c(OC)c1. The molecule has 0 amide bonds. The van der Waals surface area contributed by atoms with Crippen molar-refractivity contribution in [2.24, 2.45) is 5.73 Å². The lowest BCUT2D eigenvalue weighted by Gasteiger charge is -2.14. The highest BCUT2D eigenvalue weighted by atomic mass is 16.5. The number of benzene rings is 1. The number of hydrogen-bond donors (Lipinski definition) is 1. The highest BCUT2D eigenvalue weighted by molar-refractivity contribution is 5.68. The average Bonchev–Trinajstić information content (AvgIpc) is 2.50. The second kappa shape index (κ2) is 8.43. The normalized spacial score (nSPS) is 11.8. The topological polar surface area (TPSA) is 70.8 Å². The van der Waals surface area contributed by atoms with Crippen LogP contribution in [0.3, 0.4) is 0 Å². The predicted octanol–water partition coefficient (Wildman–Crippen LogP) is 2.44. The van der Waals surface area contributed by atoms with Crippen molar-refractivity contribution in [3.8, 4) is 11.5 Å². The molecule has 1 aromatic carbocycles. The molecule has 5 nitrogen and oxygen atoms in total. The largest absolute Gasteiger partial charge is 0.493 e. The quantitative estimate of drug-likeness (QED) is 0.585. The smallest absolute Gasteiger partial charge is 0.305 e. The molecule has 0 radical (unpaired) electrons. The fourth-order valence-corrected chi connectivity index (χ4v) is 1.99. The maximum Gasteiger partial charge on any atom is 0.305 e. The summed E-state index contributed by atoms with van der Waals surface area (Å²) in [7, 11) is 4.60. The molecule has 1 aromatic rings. The Morgan fingerprint density at radius 1 is 1.15 bits per heavy atom. The zero-order valence-electron chi connectivity index (χ0n) is 12.3. The Balaban J connectivity index is 2.50. The van der Waals surface area contributed by atoms with Gasteiger partial charge in [-0.1, -0.05) is 12.5 Å². The highest BCUT2D eigenvalue weighted by Crippen LogP contribution is 2.30. The van der Waals surface area contributed by atoms with E-state index in [-0.39, 0.29) is 12.0 Å². The maximum atomic E-state index is 11.0. The van der Waals surface area contributed by atoms with Crippen molar-refractivity contribution in [1.82, 2.24) is 0 Å². The van der Waals surface area contributed by atoms with E-state index in [4.69, 9.17) is 15.2 Å². The molecule has 0 spiro atoms. The van der Waals surface area contributed by atoms with Crippen LogP contribution in [0.4, 0.5) is 0 Å². The van der Waals surface area contributed by atoms with E-state index >= 15 is 0 Å². The third-order valence-corrected chi connectivity index (χ3v) is 3.21. The van der Waals surface area contributed by atoms with Crippen LogP contribution in [0.2, 0.25) is 0 Å². The number of carbonyl (C=O) groups is 1. The number of esters is 1. The van der Waals surface area contributed by atoms with Gasteiger partial charge in [-0.2, -0.15) is 0 Å². The van der Waals surface area contributed by atoms with Crippen molar-refractivity contribution in [1.29, 1.82) is 0 Å². The molecule has 1 unspecified atom stereocenters. The number of carbonyl (C=O) groups excluding carboxylic acids is 1. The maximum absolute atomic E-state index is 11.0. The molecule has 5 heteroatoms. The molecule has 1 rings (SSSR count). The van der Waals surface area contributed by atoms with Crippen molar-refractivity contribution in [3.63, 3.8) is 0 Å². The summed E-state index contributed by atoms with van der Waals surface area (Å²) in [5.41, 5.74) is 7.15. The lowest BCUT2D eigenvalue weighted by Crippen LogP contribution is -2.11. The van der Waals surface area contributed by atoms with Gasteiger partial charge in [0.05, 0.1) is 21.3 Å². The van der Waals surface area contributed by atoms with Gasteiger partial charge in [0.15, 0.2) is 11.5 Å². The number of unbranched alkanes of at least 4 members (excludes halogenated alkanes) is 1. The zero-order valence-corrected chi connectivity index (χ0v) is 12.3. The van der Waals surface area contributed by atoms with Gasteiger partial charge in [-0.05, 0) is 30.5 Å². The van der Waals surface area contributed by atoms with Crippen LogP contribution in [0.5, 0.6) is 11.5 Å². The van der Waals surface area contributed by atoms with Gasteiger partial charge in [0.1, 0.15) is 0 Å². The molecule has 0 aliphatic carbocycles. The van der Waals surface area contributed by atoms with E-state index in [2.05, 4.69) is 4.74 Å². The van der Waals surface area contributed by atoms with E-state index in [1.807, 2.05) is 18.2 Å². The molecule has 0 aliphatic rings. The summed E-state index contributed by atoms with van der Waals surface area (Å²) in [5.74, 6) is 1.19. The third kappa shape index (κ3) is 4.74. The fourth-order valence-electron chi connectivity index (χ4n) is 1.99. The Bertz CT molecular complexity index is 434. The van der Waals surface area contributed by atoms with E-state index in [1.54, 1.807) is 14.2 Å². The molecular weight excluding hydrogens is 258 g/mol. The van der Waals surface area contributed by atoms with Gasteiger partial charge >= 0.3 is 5.97 Å². The van der Waals surface area contributed by atoms with Crippen LogP contribution in [0.15, 0.2) is 18.2 Å². The molecule has 20 heavy (non-hydrogen) atoms. The van der Waals surface area contributed by atoms with Crippen molar-refractivity contribution in [2.75, 3.05) is 21.3 Å². The molecular formula is C15H23NO4. The van der Waals surface area contributed by atoms with E-state index in [1.165, 1.54) is 7.11 Å². The van der Waals surface area contributed by atoms with Crippen LogP contribution in [-0.4, -0.2) is 27.3 Å². The summed E-state index contributed by atoms with van der Waals surface area (Å²) in [4.78, 5) is 11.0. The molecule has 0 saturated heterocycles. The molecule has 0 aromatic heterocycles. The zero-order chi connectivity index (χ0) is 15.0. The van der Waals surface area contributed by atoms with Crippen LogP contribution in [-0.2, 0) is 9.53 Å². The molecule has 0 fully saturated rings. The lowest BCUT2D eigenvalue weighted by molar-refractivity contribution is -0.140. The van der Waals surface area contributed by atoms with Crippen LogP contribution in [0, 0.1) is 0 Å². The van der Waals surface area contributed by atoms with Crippen LogP contribution in [0.1, 0.15) is 37.3 Å². The molecule has 2 N–H and O–H groups in total. The van der Waals surface area contributed by atoms with Gasteiger partial charge in [0.25, 0.3) is 0 Å². The lowest BCUT2D eigenvalue weighted by atomic mass is 10.0. The Morgan fingerprint density at radius 2 is 1.85 bits per heavy atom. The van der Waals surface area contributed by atoms with Crippen molar-refractivity contribution < 1.29 is 19.0 Å². The van der Waals surface area contributed by atoms with Crippen molar-refractivity contribution in [2.45, 2.75) is 31.7 Å². The molecule has 0 saturated carbocycles. The van der Waals surface area contributed by atoms with Crippen molar-refractivity contribution >= 4 is 5.97 Å². The third-order valence-electron chi connectivity index (χ3n) is 3.21. The molecule has 0 heterocycles. The minimum Gasteiger partial charge on any atom is -0.493 e. The van der Waals surface area contributed by atoms with E-state index < -0.39 is 0 Å². The standard InChI is InChI=1S/C15H23NO4/c1-18-13-9-8-11(10-14(13)19-2)12(16)6-4-5-7-15(17)20-3/h8-10,12H,4-7,16H2,1-3H3. The number of hydrogen-bond acceptors (Lipinski definition) is 5. The van der Waals surface area contributed by atoms with Gasteiger partial charge < -0.3 is 19.9 Å². The van der Waals surface area contributed by atoms with Gasteiger partial charge in [0.2, 0.25) is 0 Å². The molecule has 112 valence electrons. The first-order valence-corrected chi connectivity index (χ1v) is 6.66. The first-order chi connectivity index (χ1) is 9.62. The number of methoxy groups -OCH3 is 3. The summed E-state index contributed by atoms with van der Waals surface area (Å²) >= 11 is 0. The molecule has 0 aliphatic heterocycles. The predicted molar refractivity (Wildman–Crippen MR) is 77.0 cm³/mol.